The molecule has 0 radical (unpaired) electrons. The Morgan fingerprint density at radius 3 is 3.06 bits per heavy atom. The van der Waals surface area contributed by atoms with E-state index in [1.165, 1.54) is 5.56 Å². The molecule has 3 heteroatoms. The molecule has 0 aliphatic carbocycles. The van der Waals surface area contributed by atoms with Gasteiger partial charge >= 0.3 is 0 Å². The summed E-state index contributed by atoms with van der Waals surface area (Å²) in [5.41, 5.74) is 3.42. The van der Waals surface area contributed by atoms with Crippen LogP contribution < -0.4 is 10.1 Å². The molecule has 0 saturated carbocycles. The number of fused-ring (bicyclic) bond motifs is 1. The molecule has 1 aromatic heterocycles. The van der Waals surface area contributed by atoms with Crippen LogP contribution in [0, 0.1) is 6.92 Å². The highest BCUT2D eigenvalue weighted by Gasteiger charge is 2.21. The average Bonchev–Trinajstić information content (AvgIpc) is 2.79. The number of pyridine rings is 1. The van der Waals surface area contributed by atoms with Crippen LogP contribution in [0.4, 0.5) is 5.69 Å². The topological polar surface area (TPSA) is 34.1 Å². The highest BCUT2D eigenvalue weighted by Crippen LogP contribution is 2.28. The predicted molar refractivity (Wildman–Crippen MR) is 72.0 cm³/mol. The van der Waals surface area contributed by atoms with Crippen LogP contribution in [0.5, 0.6) is 5.75 Å². The number of benzene rings is 1. The lowest BCUT2D eigenvalue weighted by molar-refractivity contribution is 0.246. The standard InChI is InChI=1S/C15H16N2O/c1-11-8-13(6-7-16-11)17-10-14-9-12-4-2-3-5-15(12)18-14/h2-8,14H,9-10H2,1H3,(H,16,17). The molecule has 3 rings (SSSR count). The first-order valence-corrected chi connectivity index (χ1v) is 6.22. The van der Waals surface area contributed by atoms with Crippen molar-refractivity contribution in [3.05, 3.63) is 53.9 Å². The smallest absolute Gasteiger partial charge is 0.123 e. The fourth-order valence-electron chi connectivity index (χ4n) is 2.25. The van der Waals surface area contributed by atoms with Gasteiger partial charge in [-0.05, 0) is 30.7 Å². The van der Waals surface area contributed by atoms with Crippen LogP contribution in [-0.4, -0.2) is 17.6 Å². The van der Waals surface area contributed by atoms with Crippen LogP contribution in [0.3, 0.4) is 0 Å². The maximum Gasteiger partial charge on any atom is 0.123 e. The van der Waals surface area contributed by atoms with Crippen molar-refractivity contribution in [2.45, 2.75) is 19.4 Å². The number of nitrogens with one attached hydrogen (secondary N) is 1. The quantitative estimate of drug-likeness (QED) is 0.895. The van der Waals surface area contributed by atoms with Gasteiger partial charge in [-0.15, -0.1) is 0 Å². The van der Waals surface area contributed by atoms with E-state index in [9.17, 15) is 0 Å². The largest absolute Gasteiger partial charge is 0.488 e. The number of anilines is 1. The fourth-order valence-corrected chi connectivity index (χ4v) is 2.25. The lowest BCUT2D eigenvalue weighted by Crippen LogP contribution is -2.23. The molecule has 1 aliphatic heterocycles. The van der Waals surface area contributed by atoms with E-state index < -0.39 is 0 Å². The van der Waals surface area contributed by atoms with Crippen LogP contribution >= 0.6 is 0 Å². The van der Waals surface area contributed by atoms with E-state index in [1.54, 1.807) is 0 Å². The Labute approximate surface area is 107 Å². The third kappa shape index (κ3) is 2.30. The number of aryl methyl sites for hydroxylation is 1. The number of ether oxygens (including phenoxy) is 1. The van der Waals surface area contributed by atoms with E-state index in [4.69, 9.17) is 4.74 Å². The predicted octanol–water partition coefficient (Wildman–Crippen LogP) is 2.81. The van der Waals surface area contributed by atoms with Gasteiger partial charge in [0.1, 0.15) is 11.9 Å². The van der Waals surface area contributed by atoms with E-state index in [0.29, 0.717) is 0 Å². The van der Waals surface area contributed by atoms with E-state index in [2.05, 4.69) is 22.4 Å². The van der Waals surface area contributed by atoms with Crippen LogP contribution in [0.1, 0.15) is 11.3 Å². The Morgan fingerprint density at radius 2 is 2.22 bits per heavy atom. The molecule has 0 spiro atoms. The monoisotopic (exact) mass is 240 g/mol. The summed E-state index contributed by atoms with van der Waals surface area (Å²) in [6.45, 7) is 2.81. The van der Waals surface area contributed by atoms with Crippen molar-refractivity contribution >= 4 is 5.69 Å². The molecule has 0 saturated heterocycles. The summed E-state index contributed by atoms with van der Waals surface area (Å²) in [6.07, 6.45) is 3.02. The summed E-state index contributed by atoms with van der Waals surface area (Å²) < 4.78 is 5.88. The average molecular weight is 240 g/mol. The summed E-state index contributed by atoms with van der Waals surface area (Å²) in [6, 6.07) is 12.3. The lowest BCUT2D eigenvalue weighted by atomic mass is 10.1. The molecule has 92 valence electrons. The number of rotatable bonds is 3. The van der Waals surface area contributed by atoms with Crippen molar-refractivity contribution in [3.63, 3.8) is 0 Å². The molecule has 18 heavy (non-hydrogen) atoms. The molecule has 0 amide bonds. The molecule has 1 aliphatic rings. The normalized spacial score (nSPS) is 17.1. The van der Waals surface area contributed by atoms with Gasteiger partial charge in [0.05, 0.1) is 6.54 Å². The Kier molecular flexibility index (Phi) is 2.89. The maximum absolute atomic E-state index is 5.88. The zero-order chi connectivity index (χ0) is 12.4. The highest BCUT2D eigenvalue weighted by molar-refractivity contribution is 5.44. The van der Waals surface area contributed by atoms with Gasteiger partial charge in [0.25, 0.3) is 0 Å². The van der Waals surface area contributed by atoms with Crippen molar-refractivity contribution in [2.24, 2.45) is 0 Å². The van der Waals surface area contributed by atoms with Crippen LogP contribution in [0.2, 0.25) is 0 Å². The molecule has 0 fully saturated rings. The number of hydrogen-bond donors (Lipinski definition) is 1. The maximum atomic E-state index is 5.88. The molecular weight excluding hydrogens is 224 g/mol. The Bertz CT molecular complexity index is 529. The van der Waals surface area contributed by atoms with Gasteiger partial charge in [-0.25, -0.2) is 0 Å². The van der Waals surface area contributed by atoms with Crippen LogP contribution in [0.25, 0.3) is 0 Å². The van der Waals surface area contributed by atoms with Crippen molar-refractivity contribution in [1.29, 1.82) is 0 Å². The number of nitrogens with zero attached hydrogens (tertiary/aromatic N) is 1. The minimum atomic E-state index is 0.218. The van der Waals surface area contributed by atoms with Gasteiger partial charge in [0.15, 0.2) is 0 Å². The Balaban J connectivity index is 1.60. The van der Waals surface area contributed by atoms with Crippen LogP contribution in [0.15, 0.2) is 42.6 Å². The zero-order valence-electron chi connectivity index (χ0n) is 10.4. The molecule has 1 atom stereocenters. The molecular formula is C15H16N2O. The Morgan fingerprint density at radius 1 is 1.33 bits per heavy atom. The lowest BCUT2D eigenvalue weighted by Gasteiger charge is -2.13. The number of para-hydroxylation sites is 1. The second-order valence-corrected chi connectivity index (χ2v) is 4.62. The minimum absolute atomic E-state index is 0.218. The first-order valence-electron chi connectivity index (χ1n) is 6.22. The van der Waals surface area contributed by atoms with Gasteiger partial charge in [0, 0.05) is 24.0 Å². The van der Waals surface area contributed by atoms with Gasteiger partial charge in [0.2, 0.25) is 0 Å². The Hall–Kier alpha value is -2.03. The summed E-state index contributed by atoms with van der Waals surface area (Å²) in [4.78, 5) is 4.18. The molecule has 0 bridgehead atoms. The molecule has 3 nitrogen and oxygen atoms in total. The van der Waals surface area contributed by atoms with E-state index >= 15 is 0 Å². The summed E-state index contributed by atoms with van der Waals surface area (Å²) >= 11 is 0. The third-order valence-corrected chi connectivity index (χ3v) is 3.14. The second-order valence-electron chi connectivity index (χ2n) is 4.62. The number of aromatic nitrogens is 1. The summed E-state index contributed by atoms with van der Waals surface area (Å²) in [5, 5.41) is 3.40. The van der Waals surface area contributed by atoms with Gasteiger partial charge in [-0.1, -0.05) is 18.2 Å². The molecule has 1 unspecified atom stereocenters. The van der Waals surface area contributed by atoms with Gasteiger partial charge in [-0.2, -0.15) is 0 Å². The highest BCUT2D eigenvalue weighted by atomic mass is 16.5. The van der Waals surface area contributed by atoms with Crippen LogP contribution in [-0.2, 0) is 6.42 Å². The zero-order valence-corrected chi connectivity index (χ0v) is 10.4. The first kappa shape index (κ1) is 11.1. The first-order chi connectivity index (χ1) is 8.81. The van der Waals surface area contributed by atoms with Crippen molar-refractivity contribution in [1.82, 2.24) is 4.98 Å². The van der Waals surface area contributed by atoms with E-state index in [1.807, 2.05) is 37.4 Å². The summed E-state index contributed by atoms with van der Waals surface area (Å²) in [7, 11) is 0. The minimum Gasteiger partial charge on any atom is -0.488 e. The van der Waals surface area contributed by atoms with Crippen molar-refractivity contribution < 1.29 is 4.74 Å². The third-order valence-electron chi connectivity index (χ3n) is 3.14. The molecule has 1 aromatic carbocycles. The van der Waals surface area contributed by atoms with Crippen molar-refractivity contribution in [3.8, 4) is 5.75 Å². The fraction of sp³-hybridized carbons (Fsp3) is 0.267. The summed E-state index contributed by atoms with van der Waals surface area (Å²) in [5.74, 6) is 1.02. The number of hydrogen-bond acceptors (Lipinski definition) is 3. The van der Waals surface area contributed by atoms with Gasteiger partial charge < -0.3 is 10.1 Å². The van der Waals surface area contributed by atoms with E-state index in [0.717, 1.165) is 30.1 Å². The molecule has 2 aromatic rings. The SMILES string of the molecule is Cc1cc(NCC2Cc3ccccc3O2)ccn1. The second kappa shape index (κ2) is 4.69. The van der Waals surface area contributed by atoms with Gasteiger partial charge in [-0.3, -0.25) is 4.98 Å². The van der Waals surface area contributed by atoms with E-state index in [-0.39, 0.29) is 6.10 Å². The molecule has 1 N–H and O–H groups in total. The van der Waals surface area contributed by atoms with Crippen molar-refractivity contribution in [2.75, 3.05) is 11.9 Å². The molecule has 2 heterocycles.